The zero-order valence-corrected chi connectivity index (χ0v) is 11.3. The summed E-state index contributed by atoms with van der Waals surface area (Å²) in [5, 5.41) is 11.3. The molecule has 1 heterocycles. The predicted molar refractivity (Wildman–Crippen MR) is 70.5 cm³/mol. The first-order valence-corrected chi connectivity index (χ1v) is 7.50. The fraction of sp³-hybridized carbons (Fsp3) is 0.818. The highest BCUT2D eigenvalue weighted by molar-refractivity contribution is 8.03. The van der Waals surface area contributed by atoms with Crippen LogP contribution in [0.4, 0.5) is 0 Å². The molecule has 6 heteroatoms. The van der Waals surface area contributed by atoms with Gasteiger partial charge in [-0.2, -0.15) is 0 Å². The van der Waals surface area contributed by atoms with Crippen molar-refractivity contribution in [3.05, 3.63) is 20.3 Å². The molecule has 1 aliphatic carbocycles. The number of nitro groups is 1. The van der Waals surface area contributed by atoms with E-state index in [2.05, 4.69) is 4.90 Å². The Morgan fingerprint density at radius 2 is 2.06 bits per heavy atom. The smallest absolute Gasteiger partial charge is 0.357 e. The van der Waals surface area contributed by atoms with Crippen LogP contribution >= 0.6 is 23.4 Å². The minimum absolute atomic E-state index is 0.194. The summed E-state index contributed by atoms with van der Waals surface area (Å²) in [7, 11) is 0. The molecule has 2 rings (SSSR count). The monoisotopic (exact) mass is 276 g/mol. The molecule has 0 radical (unpaired) electrons. The molecule has 0 aromatic carbocycles. The molecule has 0 N–H and O–H groups in total. The van der Waals surface area contributed by atoms with Crippen LogP contribution in [0.5, 0.6) is 0 Å². The van der Waals surface area contributed by atoms with E-state index < -0.39 is 4.92 Å². The van der Waals surface area contributed by atoms with Crippen molar-refractivity contribution in [3.8, 4) is 0 Å². The third kappa shape index (κ3) is 3.07. The van der Waals surface area contributed by atoms with Crippen molar-refractivity contribution in [2.24, 2.45) is 0 Å². The molecule has 0 bridgehead atoms. The molecule has 0 spiro atoms. The van der Waals surface area contributed by atoms with Gasteiger partial charge < -0.3 is 4.90 Å². The van der Waals surface area contributed by atoms with E-state index in [1.807, 2.05) is 0 Å². The third-order valence-electron chi connectivity index (χ3n) is 3.40. The molecule has 1 saturated heterocycles. The second-order valence-corrected chi connectivity index (χ2v) is 5.98. The molecule has 0 aromatic rings. The molecule has 0 unspecified atom stereocenters. The normalized spacial score (nSPS) is 25.8. The average Bonchev–Trinajstić information content (AvgIpc) is 2.39. The van der Waals surface area contributed by atoms with Crippen molar-refractivity contribution in [2.45, 2.75) is 44.6 Å². The number of hydrogen-bond acceptors (Lipinski definition) is 4. The summed E-state index contributed by atoms with van der Waals surface area (Å²) in [6.45, 7) is 0.914. The van der Waals surface area contributed by atoms with Gasteiger partial charge in [0.05, 0.1) is 4.92 Å². The van der Waals surface area contributed by atoms with Crippen molar-refractivity contribution in [1.29, 1.82) is 0 Å². The SMILES string of the molecule is O=[N+]([O-])C(Cl)=C1SCCCN1C1CCCCC1. The maximum Gasteiger partial charge on any atom is 0.367 e. The molecule has 1 aliphatic heterocycles. The van der Waals surface area contributed by atoms with E-state index in [9.17, 15) is 10.1 Å². The quantitative estimate of drug-likeness (QED) is 0.441. The van der Waals surface area contributed by atoms with Crippen LogP contribution < -0.4 is 0 Å². The summed E-state index contributed by atoms with van der Waals surface area (Å²) in [4.78, 5) is 12.5. The molecule has 0 atom stereocenters. The fourth-order valence-corrected chi connectivity index (χ4v) is 3.92. The predicted octanol–water partition coefficient (Wildman–Crippen LogP) is 3.40. The minimum atomic E-state index is -0.467. The molecule has 2 fully saturated rings. The first kappa shape index (κ1) is 13.0. The highest BCUT2D eigenvalue weighted by Gasteiger charge is 2.31. The van der Waals surface area contributed by atoms with Gasteiger partial charge in [0.25, 0.3) is 0 Å². The zero-order valence-electron chi connectivity index (χ0n) is 9.73. The minimum Gasteiger partial charge on any atom is -0.357 e. The number of rotatable bonds is 2. The van der Waals surface area contributed by atoms with Gasteiger partial charge in [0.2, 0.25) is 0 Å². The molecule has 96 valence electrons. The molecule has 0 aromatic heterocycles. The number of thioether (sulfide) groups is 1. The van der Waals surface area contributed by atoms with Crippen molar-refractivity contribution < 1.29 is 4.92 Å². The van der Waals surface area contributed by atoms with E-state index in [4.69, 9.17) is 11.6 Å². The summed E-state index contributed by atoms with van der Waals surface area (Å²) in [6.07, 6.45) is 7.13. The lowest BCUT2D eigenvalue weighted by Gasteiger charge is -2.38. The number of nitrogens with zero attached hydrogens (tertiary/aromatic N) is 2. The van der Waals surface area contributed by atoms with Gasteiger partial charge in [0, 0.05) is 18.3 Å². The largest absolute Gasteiger partial charge is 0.367 e. The standard InChI is InChI=1S/C11H17ClN2O2S/c12-10(14(15)16)11-13(7-4-8-17-11)9-5-2-1-3-6-9/h9H,1-8H2. The zero-order chi connectivity index (χ0) is 12.3. The third-order valence-corrected chi connectivity index (χ3v) is 5.02. The van der Waals surface area contributed by atoms with Crippen LogP contribution in [0.25, 0.3) is 0 Å². The number of hydrogen-bond donors (Lipinski definition) is 0. The Hall–Kier alpha value is -0.420. The van der Waals surface area contributed by atoms with Gasteiger partial charge in [-0.15, -0.1) is 11.8 Å². The lowest BCUT2D eigenvalue weighted by atomic mass is 9.94. The van der Waals surface area contributed by atoms with Gasteiger partial charge >= 0.3 is 5.16 Å². The lowest BCUT2D eigenvalue weighted by molar-refractivity contribution is -0.413. The first-order valence-electron chi connectivity index (χ1n) is 6.14. The second kappa shape index (κ2) is 5.96. The molecule has 1 saturated carbocycles. The van der Waals surface area contributed by atoms with Crippen LogP contribution in [0.15, 0.2) is 10.2 Å². The molecule has 17 heavy (non-hydrogen) atoms. The Morgan fingerprint density at radius 3 is 2.71 bits per heavy atom. The summed E-state index contributed by atoms with van der Waals surface area (Å²) in [6, 6.07) is 0.459. The fourth-order valence-electron chi connectivity index (χ4n) is 2.59. The van der Waals surface area contributed by atoms with Crippen LogP contribution in [0.1, 0.15) is 38.5 Å². The maximum absolute atomic E-state index is 10.8. The van der Waals surface area contributed by atoms with E-state index >= 15 is 0 Å². The van der Waals surface area contributed by atoms with E-state index in [1.54, 1.807) is 0 Å². The van der Waals surface area contributed by atoms with Gasteiger partial charge in [-0.1, -0.05) is 19.3 Å². The summed E-state index contributed by atoms with van der Waals surface area (Å²) >= 11 is 7.36. The average molecular weight is 277 g/mol. The van der Waals surface area contributed by atoms with E-state index in [1.165, 1.54) is 31.0 Å². The Morgan fingerprint density at radius 1 is 1.35 bits per heavy atom. The highest BCUT2D eigenvalue weighted by Crippen LogP contribution is 2.36. The first-order chi connectivity index (χ1) is 8.20. The van der Waals surface area contributed by atoms with Gasteiger partial charge in [-0.25, -0.2) is 0 Å². The second-order valence-electron chi connectivity index (χ2n) is 4.54. The molecular formula is C11H17ClN2O2S. The van der Waals surface area contributed by atoms with Crippen LogP contribution in [-0.4, -0.2) is 28.2 Å². The summed E-state index contributed by atoms with van der Waals surface area (Å²) in [5.41, 5.74) is 0. The van der Waals surface area contributed by atoms with Crippen LogP contribution in [-0.2, 0) is 0 Å². The van der Waals surface area contributed by atoms with Crippen LogP contribution in [0.3, 0.4) is 0 Å². The van der Waals surface area contributed by atoms with Crippen LogP contribution in [0, 0.1) is 10.1 Å². The van der Waals surface area contributed by atoms with E-state index in [0.717, 1.165) is 31.6 Å². The van der Waals surface area contributed by atoms with Crippen LogP contribution in [0.2, 0.25) is 0 Å². The van der Waals surface area contributed by atoms with Gasteiger partial charge in [-0.05, 0) is 30.9 Å². The maximum atomic E-state index is 10.8. The molecular weight excluding hydrogens is 260 g/mol. The van der Waals surface area contributed by atoms with Crippen molar-refractivity contribution in [2.75, 3.05) is 12.3 Å². The van der Waals surface area contributed by atoms with Gasteiger partial charge in [0.1, 0.15) is 0 Å². The lowest BCUT2D eigenvalue weighted by Crippen LogP contribution is -2.39. The molecule has 2 aliphatic rings. The Bertz CT molecular complexity index is 329. The Labute approximate surface area is 111 Å². The topological polar surface area (TPSA) is 46.4 Å². The Balaban J connectivity index is 2.16. The van der Waals surface area contributed by atoms with Crippen molar-refractivity contribution in [1.82, 2.24) is 4.90 Å². The van der Waals surface area contributed by atoms with Gasteiger partial charge in [0.15, 0.2) is 5.03 Å². The van der Waals surface area contributed by atoms with Crippen molar-refractivity contribution in [3.63, 3.8) is 0 Å². The Kier molecular flexibility index (Phi) is 4.56. The summed E-state index contributed by atoms with van der Waals surface area (Å²) < 4.78 is 0. The number of halogens is 1. The van der Waals surface area contributed by atoms with E-state index in [0.29, 0.717) is 11.1 Å². The highest BCUT2D eigenvalue weighted by atomic mass is 35.5. The van der Waals surface area contributed by atoms with E-state index in [-0.39, 0.29) is 5.16 Å². The van der Waals surface area contributed by atoms with Gasteiger partial charge in [-0.3, -0.25) is 10.1 Å². The van der Waals surface area contributed by atoms with Crippen molar-refractivity contribution >= 4 is 23.4 Å². The molecule has 0 amide bonds. The molecule has 4 nitrogen and oxygen atoms in total. The summed E-state index contributed by atoms with van der Waals surface area (Å²) in [5.74, 6) is 0.933.